The molecule has 3 N–H and O–H groups in total. The molecule has 1 saturated carbocycles. The van der Waals surface area contributed by atoms with Crippen molar-refractivity contribution in [2.75, 3.05) is 30.4 Å². The second-order valence-corrected chi connectivity index (χ2v) is 5.16. The highest BCUT2D eigenvalue weighted by molar-refractivity contribution is 5.86. The van der Waals surface area contributed by atoms with Crippen LogP contribution in [0.1, 0.15) is 12.8 Å². The zero-order valence-electron chi connectivity index (χ0n) is 10.8. The van der Waals surface area contributed by atoms with Crippen molar-refractivity contribution in [3.8, 4) is 0 Å². The number of nitrogens with two attached hydrogens (primary N) is 1. The van der Waals surface area contributed by atoms with Gasteiger partial charge in [-0.2, -0.15) is 0 Å². The largest absolute Gasteiger partial charge is 0.399 e. The normalized spacial score (nSPS) is 23.2. The molecule has 2 fully saturated rings. The Bertz CT molecular complexity index is 456. The van der Waals surface area contributed by atoms with E-state index in [-0.39, 0.29) is 11.9 Å². The Morgan fingerprint density at radius 3 is 2.74 bits per heavy atom. The second kappa shape index (κ2) is 5.09. The van der Waals surface area contributed by atoms with Crippen molar-refractivity contribution < 1.29 is 9.53 Å². The monoisotopic (exact) mass is 261 g/mol. The molecule has 1 amide bonds. The highest BCUT2D eigenvalue weighted by atomic mass is 16.5. The molecule has 0 radical (unpaired) electrons. The van der Waals surface area contributed by atoms with Crippen molar-refractivity contribution in [2.45, 2.75) is 24.9 Å². The fourth-order valence-corrected chi connectivity index (χ4v) is 2.32. The maximum atomic E-state index is 12.2. The van der Waals surface area contributed by atoms with Gasteiger partial charge in [-0.05, 0) is 37.1 Å². The first-order valence-corrected chi connectivity index (χ1v) is 6.74. The van der Waals surface area contributed by atoms with Crippen LogP contribution in [0.15, 0.2) is 24.3 Å². The molecule has 1 heterocycles. The number of amides is 1. The fourth-order valence-electron chi connectivity index (χ4n) is 2.32. The van der Waals surface area contributed by atoms with Gasteiger partial charge in [0.25, 0.3) is 0 Å². The van der Waals surface area contributed by atoms with Gasteiger partial charge >= 0.3 is 0 Å². The van der Waals surface area contributed by atoms with Crippen LogP contribution >= 0.6 is 0 Å². The highest BCUT2D eigenvalue weighted by Gasteiger charge is 2.33. The average Bonchev–Trinajstić information content (AvgIpc) is 3.23. The molecular formula is C14H19N3O2. The minimum absolute atomic E-state index is 0.0685. The molecule has 1 aromatic rings. The van der Waals surface area contributed by atoms with E-state index in [2.05, 4.69) is 10.2 Å². The van der Waals surface area contributed by atoms with E-state index in [9.17, 15) is 4.79 Å². The topological polar surface area (TPSA) is 67.6 Å². The van der Waals surface area contributed by atoms with E-state index < -0.39 is 0 Å². The summed E-state index contributed by atoms with van der Waals surface area (Å²) in [7, 11) is 0. The Balaban J connectivity index is 1.75. The molecule has 1 unspecified atom stereocenters. The first-order chi connectivity index (χ1) is 9.24. The number of carbonyl (C=O) groups is 1. The van der Waals surface area contributed by atoms with E-state index in [1.807, 2.05) is 24.3 Å². The van der Waals surface area contributed by atoms with E-state index in [1.54, 1.807) is 0 Å². The third kappa shape index (κ3) is 2.81. The standard InChI is InChI=1S/C14H19N3O2/c15-10-1-5-12(6-2-10)17-7-8-19-9-13(17)14(18)16-11-3-4-11/h1-2,5-6,11,13H,3-4,7-9,15H2,(H,16,18). The maximum absolute atomic E-state index is 12.2. The lowest BCUT2D eigenvalue weighted by molar-refractivity contribution is -0.124. The smallest absolute Gasteiger partial charge is 0.245 e. The molecule has 0 bridgehead atoms. The zero-order chi connectivity index (χ0) is 13.2. The van der Waals surface area contributed by atoms with Crippen LogP contribution in [0, 0.1) is 0 Å². The maximum Gasteiger partial charge on any atom is 0.245 e. The third-order valence-electron chi connectivity index (χ3n) is 3.58. The van der Waals surface area contributed by atoms with Gasteiger partial charge in [0.2, 0.25) is 5.91 Å². The van der Waals surface area contributed by atoms with Gasteiger partial charge < -0.3 is 20.7 Å². The van der Waals surface area contributed by atoms with Crippen molar-refractivity contribution in [2.24, 2.45) is 0 Å². The average molecular weight is 261 g/mol. The summed E-state index contributed by atoms with van der Waals surface area (Å²) in [5.74, 6) is 0.0685. The van der Waals surface area contributed by atoms with Crippen LogP contribution in [0.4, 0.5) is 11.4 Å². The summed E-state index contributed by atoms with van der Waals surface area (Å²) in [6.45, 7) is 1.83. The number of carbonyl (C=O) groups excluding carboxylic acids is 1. The highest BCUT2D eigenvalue weighted by Crippen LogP contribution is 2.23. The molecule has 5 heteroatoms. The van der Waals surface area contributed by atoms with Crippen LogP contribution < -0.4 is 16.0 Å². The van der Waals surface area contributed by atoms with Gasteiger partial charge in [-0.3, -0.25) is 4.79 Å². The van der Waals surface area contributed by atoms with Crippen LogP contribution in [0.25, 0.3) is 0 Å². The number of benzene rings is 1. The first-order valence-electron chi connectivity index (χ1n) is 6.74. The summed E-state index contributed by atoms with van der Waals surface area (Å²) in [5.41, 5.74) is 7.46. The van der Waals surface area contributed by atoms with Gasteiger partial charge in [-0.1, -0.05) is 0 Å². The molecule has 3 rings (SSSR count). The second-order valence-electron chi connectivity index (χ2n) is 5.16. The van der Waals surface area contributed by atoms with Crippen molar-refractivity contribution in [1.29, 1.82) is 0 Å². The van der Waals surface area contributed by atoms with Gasteiger partial charge in [0.05, 0.1) is 13.2 Å². The predicted molar refractivity (Wildman–Crippen MR) is 74.0 cm³/mol. The number of rotatable bonds is 3. The summed E-state index contributed by atoms with van der Waals surface area (Å²) in [6, 6.07) is 7.78. The molecule has 1 aliphatic carbocycles. The minimum Gasteiger partial charge on any atom is -0.399 e. The van der Waals surface area contributed by atoms with E-state index in [0.717, 1.165) is 30.8 Å². The SMILES string of the molecule is Nc1ccc(N2CCOCC2C(=O)NC2CC2)cc1. The molecule has 0 spiro atoms. The number of nitrogens with zero attached hydrogens (tertiary/aromatic N) is 1. The minimum atomic E-state index is -0.238. The van der Waals surface area contributed by atoms with E-state index in [4.69, 9.17) is 10.5 Å². The first kappa shape index (κ1) is 12.3. The van der Waals surface area contributed by atoms with E-state index >= 15 is 0 Å². The third-order valence-corrected chi connectivity index (χ3v) is 3.58. The van der Waals surface area contributed by atoms with Crippen LogP contribution in [-0.2, 0) is 9.53 Å². The Labute approximate surface area is 112 Å². The van der Waals surface area contributed by atoms with Gasteiger partial charge in [0.1, 0.15) is 6.04 Å². The predicted octanol–water partition coefficient (Wildman–Crippen LogP) is 0.753. The van der Waals surface area contributed by atoms with Gasteiger partial charge in [0, 0.05) is 24.0 Å². The molecule has 1 aliphatic heterocycles. The van der Waals surface area contributed by atoms with Gasteiger partial charge in [-0.15, -0.1) is 0 Å². The number of ether oxygens (including phenoxy) is 1. The van der Waals surface area contributed by atoms with Gasteiger partial charge in [0.15, 0.2) is 0 Å². The quantitative estimate of drug-likeness (QED) is 0.788. The number of hydrogen-bond acceptors (Lipinski definition) is 4. The van der Waals surface area contributed by atoms with Crippen molar-refractivity contribution in [3.05, 3.63) is 24.3 Å². The molecule has 0 aromatic heterocycles. The van der Waals surface area contributed by atoms with Crippen LogP contribution in [0.3, 0.4) is 0 Å². The van der Waals surface area contributed by atoms with Crippen LogP contribution in [-0.4, -0.2) is 37.7 Å². The number of nitrogen functional groups attached to an aromatic ring is 1. The molecule has 1 saturated heterocycles. The Kier molecular flexibility index (Phi) is 3.29. The Morgan fingerprint density at radius 1 is 1.32 bits per heavy atom. The lowest BCUT2D eigenvalue weighted by Gasteiger charge is -2.36. The summed E-state index contributed by atoms with van der Waals surface area (Å²) in [5, 5.41) is 3.05. The molecular weight excluding hydrogens is 242 g/mol. The number of nitrogens with one attached hydrogen (secondary N) is 1. The van der Waals surface area contributed by atoms with Gasteiger partial charge in [-0.25, -0.2) is 0 Å². The Morgan fingerprint density at radius 2 is 2.05 bits per heavy atom. The summed E-state index contributed by atoms with van der Waals surface area (Å²) < 4.78 is 5.45. The molecule has 19 heavy (non-hydrogen) atoms. The van der Waals surface area contributed by atoms with Crippen molar-refractivity contribution >= 4 is 17.3 Å². The Hall–Kier alpha value is -1.75. The van der Waals surface area contributed by atoms with E-state index in [1.165, 1.54) is 0 Å². The molecule has 1 aromatic carbocycles. The summed E-state index contributed by atoms with van der Waals surface area (Å²) >= 11 is 0. The van der Waals surface area contributed by atoms with Crippen molar-refractivity contribution in [3.63, 3.8) is 0 Å². The number of anilines is 2. The molecule has 2 aliphatic rings. The fraction of sp³-hybridized carbons (Fsp3) is 0.500. The number of morpholine rings is 1. The lowest BCUT2D eigenvalue weighted by atomic mass is 10.1. The number of hydrogen-bond donors (Lipinski definition) is 2. The molecule has 102 valence electrons. The zero-order valence-corrected chi connectivity index (χ0v) is 10.8. The van der Waals surface area contributed by atoms with E-state index in [0.29, 0.717) is 19.3 Å². The summed E-state index contributed by atoms with van der Waals surface area (Å²) in [4.78, 5) is 14.3. The van der Waals surface area contributed by atoms with Crippen LogP contribution in [0.5, 0.6) is 0 Å². The summed E-state index contributed by atoms with van der Waals surface area (Å²) in [6.07, 6.45) is 2.20. The lowest BCUT2D eigenvalue weighted by Crippen LogP contribution is -2.54. The van der Waals surface area contributed by atoms with Crippen molar-refractivity contribution in [1.82, 2.24) is 5.32 Å². The molecule has 5 nitrogen and oxygen atoms in total. The molecule has 1 atom stereocenters. The van der Waals surface area contributed by atoms with Crippen LogP contribution in [0.2, 0.25) is 0 Å².